The smallest absolute Gasteiger partial charge is 0.190 e. The van der Waals surface area contributed by atoms with E-state index in [9.17, 15) is 0 Å². The maximum Gasteiger partial charge on any atom is 0.190 e. The summed E-state index contributed by atoms with van der Waals surface area (Å²) in [6.07, 6.45) is 3.57. The quantitative estimate of drug-likeness (QED) is 0.930. The molecule has 1 aliphatic carbocycles. The first kappa shape index (κ1) is 13.6. The van der Waals surface area contributed by atoms with E-state index < -0.39 is 0 Å². The Bertz CT molecular complexity index is 606. The van der Waals surface area contributed by atoms with Gasteiger partial charge in [0.15, 0.2) is 5.13 Å². The second-order valence-corrected chi connectivity index (χ2v) is 6.45. The number of aromatic nitrogens is 1. The van der Waals surface area contributed by atoms with Crippen LogP contribution in [0.15, 0.2) is 24.3 Å². The van der Waals surface area contributed by atoms with Gasteiger partial charge in [-0.3, -0.25) is 0 Å². The number of nitrogens with zero attached hydrogens (tertiary/aromatic N) is 2. The second kappa shape index (κ2) is 5.54. The normalized spacial score (nSPS) is 17.9. The zero-order valence-corrected chi connectivity index (χ0v) is 13.1. The van der Waals surface area contributed by atoms with Gasteiger partial charge >= 0.3 is 0 Å². The molecule has 106 valence electrons. The van der Waals surface area contributed by atoms with E-state index in [0.29, 0.717) is 6.04 Å². The molecular formula is C16H21N3S. The lowest BCUT2D eigenvalue weighted by Gasteiger charge is -2.19. The molecule has 0 bridgehead atoms. The van der Waals surface area contributed by atoms with Crippen molar-refractivity contribution in [3.8, 4) is 0 Å². The highest BCUT2D eigenvalue weighted by Gasteiger charge is 2.24. The van der Waals surface area contributed by atoms with Crippen LogP contribution in [-0.2, 0) is 6.42 Å². The average Bonchev–Trinajstić information content (AvgIpc) is 2.90. The second-order valence-electron chi connectivity index (χ2n) is 5.44. The van der Waals surface area contributed by atoms with Gasteiger partial charge in [-0.2, -0.15) is 0 Å². The Hall–Kier alpha value is -1.39. The van der Waals surface area contributed by atoms with Crippen molar-refractivity contribution < 1.29 is 0 Å². The van der Waals surface area contributed by atoms with Gasteiger partial charge in [-0.05, 0) is 50.9 Å². The molecule has 1 aliphatic rings. The summed E-state index contributed by atoms with van der Waals surface area (Å²) in [5.41, 5.74) is 3.77. The maximum absolute atomic E-state index is 4.86. The summed E-state index contributed by atoms with van der Waals surface area (Å²) in [5.74, 6) is 0. The fraction of sp³-hybridized carbons (Fsp3) is 0.438. The summed E-state index contributed by atoms with van der Waals surface area (Å²) in [6, 6.07) is 9.06. The van der Waals surface area contributed by atoms with Crippen LogP contribution in [0.2, 0.25) is 0 Å². The van der Waals surface area contributed by atoms with E-state index in [4.69, 9.17) is 4.98 Å². The van der Waals surface area contributed by atoms with Gasteiger partial charge in [-0.15, -0.1) is 0 Å². The van der Waals surface area contributed by atoms with Crippen LogP contribution in [0.1, 0.15) is 35.0 Å². The van der Waals surface area contributed by atoms with Crippen LogP contribution in [0.5, 0.6) is 0 Å². The molecule has 0 saturated carbocycles. The molecule has 4 heteroatoms. The van der Waals surface area contributed by atoms with Gasteiger partial charge in [0.2, 0.25) is 0 Å². The Morgan fingerprint density at radius 2 is 2.25 bits per heavy atom. The molecule has 1 N–H and O–H groups in total. The molecular weight excluding hydrogens is 266 g/mol. The Kier molecular flexibility index (Phi) is 3.76. The van der Waals surface area contributed by atoms with Crippen LogP contribution in [0.3, 0.4) is 0 Å². The Morgan fingerprint density at radius 1 is 1.40 bits per heavy atom. The van der Waals surface area contributed by atoms with Crippen molar-refractivity contribution in [1.29, 1.82) is 0 Å². The number of fused-ring (bicyclic) bond motifs is 1. The molecule has 1 atom stereocenters. The number of hydrogen-bond donors (Lipinski definition) is 1. The number of thiazole rings is 1. The Labute approximate surface area is 124 Å². The maximum atomic E-state index is 4.86. The topological polar surface area (TPSA) is 28.2 Å². The summed E-state index contributed by atoms with van der Waals surface area (Å²) in [7, 11) is 4.15. The van der Waals surface area contributed by atoms with Gasteiger partial charge in [0.25, 0.3) is 0 Å². The van der Waals surface area contributed by atoms with Crippen LogP contribution in [0.4, 0.5) is 10.8 Å². The molecule has 1 aromatic heterocycles. The molecule has 1 aromatic carbocycles. The van der Waals surface area contributed by atoms with Gasteiger partial charge in [-0.1, -0.05) is 23.5 Å². The summed E-state index contributed by atoms with van der Waals surface area (Å²) >= 11 is 1.83. The van der Waals surface area contributed by atoms with Crippen molar-refractivity contribution in [3.63, 3.8) is 0 Å². The summed E-state index contributed by atoms with van der Waals surface area (Å²) in [5, 5.41) is 4.51. The first-order valence-corrected chi connectivity index (χ1v) is 7.98. The van der Waals surface area contributed by atoms with E-state index in [2.05, 4.69) is 48.5 Å². The molecule has 3 rings (SSSR count). The number of anilines is 2. The van der Waals surface area contributed by atoms with Gasteiger partial charge < -0.3 is 10.2 Å². The highest BCUT2D eigenvalue weighted by molar-refractivity contribution is 7.15. The molecule has 1 unspecified atom stereocenters. The van der Waals surface area contributed by atoms with E-state index in [0.717, 1.165) is 11.6 Å². The summed E-state index contributed by atoms with van der Waals surface area (Å²) in [6.45, 7) is 2.13. The summed E-state index contributed by atoms with van der Waals surface area (Å²) in [4.78, 5) is 8.48. The van der Waals surface area contributed by atoms with Gasteiger partial charge in [0.05, 0.1) is 5.69 Å². The molecule has 0 amide bonds. The minimum atomic E-state index is 0.482. The Balaban J connectivity index is 1.93. The van der Waals surface area contributed by atoms with Crippen LogP contribution >= 0.6 is 11.3 Å². The van der Waals surface area contributed by atoms with Crippen molar-refractivity contribution in [2.24, 2.45) is 0 Å². The first-order valence-electron chi connectivity index (χ1n) is 7.16. The standard InChI is InChI=1S/C16H21N3S/c1-11-6-4-7-12(10-11)19(3)16-18-14-9-5-8-13(17-2)15(14)20-16/h4,6-7,10,13,17H,5,8-9H2,1-3H3. The van der Waals surface area contributed by atoms with Crippen molar-refractivity contribution in [1.82, 2.24) is 10.3 Å². The first-order chi connectivity index (χ1) is 9.69. The van der Waals surface area contributed by atoms with Crippen molar-refractivity contribution >= 4 is 22.2 Å². The predicted octanol–water partition coefficient (Wildman–Crippen LogP) is 3.82. The van der Waals surface area contributed by atoms with Crippen molar-refractivity contribution in [2.45, 2.75) is 32.2 Å². The van der Waals surface area contributed by atoms with E-state index in [1.54, 1.807) is 0 Å². The van der Waals surface area contributed by atoms with E-state index >= 15 is 0 Å². The zero-order valence-electron chi connectivity index (χ0n) is 12.3. The molecule has 0 spiro atoms. The molecule has 1 heterocycles. The number of rotatable bonds is 3. The van der Waals surface area contributed by atoms with Crippen LogP contribution < -0.4 is 10.2 Å². The van der Waals surface area contributed by atoms with Crippen LogP contribution in [0, 0.1) is 6.92 Å². The minimum absolute atomic E-state index is 0.482. The van der Waals surface area contributed by atoms with Crippen LogP contribution in [0.25, 0.3) is 0 Å². The predicted molar refractivity (Wildman–Crippen MR) is 86.1 cm³/mol. The third kappa shape index (κ3) is 2.45. The molecule has 0 aliphatic heterocycles. The fourth-order valence-electron chi connectivity index (χ4n) is 2.77. The molecule has 0 radical (unpaired) electrons. The largest absolute Gasteiger partial charge is 0.321 e. The third-order valence-corrected chi connectivity index (χ3v) is 5.25. The van der Waals surface area contributed by atoms with Gasteiger partial charge in [0.1, 0.15) is 0 Å². The lowest BCUT2D eigenvalue weighted by molar-refractivity contribution is 0.501. The van der Waals surface area contributed by atoms with E-state index in [-0.39, 0.29) is 0 Å². The SMILES string of the molecule is CNC1CCCc2nc(N(C)c3cccc(C)c3)sc21. The highest BCUT2D eigenvalue weighted by atomic mass is 32.1. The molecule has 2 aromatic rings. The summed E-state index contributed by atoms with van der Waals surface area (Å²) < 4.78 is 0. The van der Waals surface area contributed by atoms with Crippen LogP contribution in [-0.4, -0.2) is 19.1 Å². The molecule has 20 heavy (non-hydrogen) atoms. The lowest BCUT2D eigenvalue weighted by atomic mass is 9.98. The monoisotopic (exact) mass is 287 g/mol. The molecule has 0 fully saturated rings. The molecule has 0 saturated heterocycles. The zero-order chi connectivity index (χ0) is 14.1. The number of hydrogen-bond acceptors (Lipinski definition) is 4. The number of benzene rings is 1. The minimum Gasteiger partial charge on any atom is -0.321 e. The van der Waals surface area contributed by atoms with Gasteiger partial charge in [0, 0.05) is 23.7 Å². The van der Waals surface area contributed by atoms with Gasteiger partial charge in [-0.25, -0.2) is 4.98 Å². The fourth-order valence-corrected chi connectivity index (χ4v) is 4.01. The molecule has 3 nitrogen and oxygen atoms in total. The average molecular weight is 287 g/mol. The number of nitrogens with one attached hydrogen (secondary N) is 1. The lowest BCUT2D eigenvalue weighted by Crippen LogP contribution is -2.19. The van der Waals surface area contributed by atoms with E-state index in [1.165, 1.54) is 34.7 Å². The highest BCUT2D eigenvalue weighted by Crippen LogP contribution is 2.38. The van der Waals surface area contributed by atoms with Crippen molar-refractivity contribution in [2.75, 3.05) is 19.0 Å². The van der Waals surface area contributed by atoms with E-state index in [1.807, 2.05) is 18.4 Å². The van der Waals surface area contributed by atoms with Crippen molar-refractivity contribution in [3.05, 3.63) is 40.4 Å². The Morgan fingerprint density at radius 3 is 3.00 bits per heavy atom. The number of aryl methyl sites for hydroxylation is 2. The third-order valence-electron chi connectivity index (χ3n) is 3.96.